The zero-order valence-electron chi connectivity index (χ0n) is 14.6. The summed E-state index contributed by atoms with van der Waals surface area (Å²) in [5, 5.41) is 7.28. The standard InChI is InChI=1S/C20H24BrN3O/c1-3-7-22-8-6-17(10-15-9-13(15)2)23-20(25)19-11-14-4-5-16(21)12-18(14)24-19/h4-6,8,10-13,15,22,24H,3,7,9H2,1-2H3,(H,23,25)/b8-6-,17-10+. The number of rotatable bonds is 7. The van der Waals surface area contributed by atoms with E-state index in [-0.39, 0.29) is 5.91 Å². The van der Waals surface area contributed by atoms with Gasteiger partial charge < -0.3 is 15.6 Å². The molecule has 1 aromatic heterocycles. The van der Waals surface area contributed by atoms with Crippen LogP contribution in [0.15, 0.2) is 52.8 Å². The number of halogens is 1. The van der Waals surface area contributed by atoms with Crippen molar-refractivity contribution in [1.29, 1.82) is 0 Å². The van der Waals surface area contributed by atoms with Crippen LogP contribution < -0.4 is 10.6 Å². The van der Waals surface area contributed by atoms with Crippen LogP contribution in [-0.4, -0.2) is 17.4 Å². The number of hydrogen-bond acceptors (Lipinski definition) is 2. The second-order valence-corrected chi connectivity index (χ2v) is 7.57. The number of H-pyrrole nitrogens is 1. The van der Waals surface area contributed by atoms with Gasteiger partial charge in [-0.05, 0) is 55.2 Å². The predicted octanol–water partition coefficient (Wildman–Crippen LogP) is 4.71. The maximum Gasteiger partial charge on any atom is 0.272 e. The Bertz CT molecular complexity index is 821. The molecule has 2 atom stereocenters. The molecule has 2 aromatic rings. The van der Waals surface area contributed by atoms with Gasteiger partial charge in [0.25, 0.3) is 5.91 Å². The molecule has 0 spiro atoms. The number of carbonyl (C=O) groups is 1. The first-order valence-corrected chi connectivity index (χ1v) is 9.57. The van der Waals surface area contributed by atoms with E-state index in [1.165, 1.54) is 6.42 Å². The molecule has 3 N–H and O–H groups in total. The van der Waals surface area contributed by atoms with Crippen molar-refractivity contribution < 1.29 is 4.79 Å². The molecule has 5 heteroatoms. The quantitative estimate of drug-likeness (QED) is 0.464. The van der Waals surface area contributed by atoms with E-state index in [9.17, 15) is 4.79 Å². The molecular weight excluding hydrogens is 378 g/mol. The lowest BCUT2D eigenvalue weighted by atomic mass is 10.2. The van der Waals surface area contributed by atoms with Crippen molar-refractivity contribution in [3.05, 3.63) is 58.5 Å². The van der Waals surface area contributed by atoms with Crippen LogP contribution in [0.25, 0.3) is 10.9 Å². The summed E-state index contributed by atoms with van der Waals surface area (Å²) >= 11 is 3.45. The van der Waals surface area contributed by atoms with Gasteiger partial charge in [0.05, 0.1) is 0 Å². The normalized spacial score (nSPS) is 20.2. The van der Waals surface area contributed by atoms with Crippen LogP contribution >= 0.6 is 15.9 Å². The zero-order valence-corrected chi connectivity index (χ0v) is 16.2. The largest absolute Gasteiger partial charge is 0.391 e. The van der Waals surface area contributed by atoms with Crippen LogP contribution in [-0.2, 0) is 0 Å². The summed E-state index contributed by atoms with van der Waals surface area (Å²) in [6.45, 7) is 5.28. The Hall–Kier alpha value is -2.01. The summed E-state index contributed by atoms with van der Waals surface area (Å²) in [7, 11) is 0. The molecule has 1 aliphatic carbocycles. The predicted molar refractivity (Wildman–Crippen MR) is 106 cm³/mol. The number of aromatic nitrogens is 1. The molecule has 0 bridgehead atoms. The van der Waals surface area contributed by atoms with Gasteiger partial charge in [0.2, 0.25) is 0 Å². The van der Waals surface area contributed by atoms with Crippen molar-refractivity contribution in [3.63, 3.8) is 0 Å². The second-order valence-electron chi connectivity index (χ2n) is 6.66. The van der Waals surface area contributed by atoms with E-state index in [1.54, 1.807) is 0 Å². The summed E-state index contributed by atoms with van der Waals surface area (Å²) in [6, 6.07) is 7.82. The minimum Gasteiger partial charge on any atom is -0.391 e. The minimum atomic E-state index is -0.119. The lowest BCUT2D eigenvalue weighted by Crippen LogP contribution is -2.22. The van der Waals surface area contributed by atoms with E-state index in [0.29, 0.717) is 17.5 Å². The maximum atomic E-state index is 12.6. The number of hydrogen-bond donors (Lipinski definition) is 3. The van der Waals surface area contributed by atoms with E-state index in [4.69, 9.17) is 0 Å². The van der Waals surface area contributed by atoms with Gasteiger partial charge in [-0.2, -0.15) is 0 Å². The van der Waals surface area contributed by atoms with Gasteiger partial charge in [0.15, 0.2) is 0 Å². The van der Waals surface area contributed by atoms with Crippen molar-refractivity contribution in [3.8, 4) is 0 Å². The van der Waals surface area contributed by atoms with E-state index in [1.807, 2.05) is 36.5 Å². The van der Waals surface area contributed by atoms with Crippen LogP contribution in [0.3, 0.4) is 0 Å². The van der Waals surface area contributed by atoms with Crippen LogP contribution in [0.4, 0.5) is 0 Å². The molecule has 4 nitrogen and oxygen atoms in total. The van der Waals surface area contributed by atoms with Gasteiger partial charge in [-0.25, -0.2) is 0 Å². The highest BCUT2D eigenvalue weighted by Gasteiger charge is 2.30. The molecule has 2 unspecified atom stereocenters. The third kappa shape index (κ3) is 4.75. The third-order valence-electron chi connectivity index (χ3n) is 4.43. The molecule has 0 aliphatic heterocycles. The van der Waals surface area contributed by atoms with Gasteiger partial charge in [0.1, 0.15) is 5.69 Å². The third-order valence-corrected chi connectivity index (χ3v) is 4.92. The summed E-state index contributed by atoms with van der Waals surface area (Å²) in [5.41, 5.74) is 2.36. The number of allylic oxidation sites excluding steroid dienone is 2. The van der Waals surface area contributed by atoms with Crippen LogP contribution in [0.1, 0.15) is 37.2 Å². The highest BCUT2D eigenvalue weighted by atomic mass is 79.9. The molecule has 25 heavy (non-hydrogen) atoms. The van der Waals surface area contributed by atoms with E-state index in [0.717, 1.165) is 34.0 Å². The molecule has 0 saturated heterocycles. The van der Waals surface area contributed by atoms with Crippen LogP contribution in [0, 0.1) is 11.8 Å². The number of benzene rings is 1. The lowest BCUT2D eigenvalue weighted by Gasteiger charge is -2.06. The summed E-state index contributed by atoms with van der Waals surface area (Å²) < 4.78 is 0.988. The second kappa shape index (κ2) is 7.91. The molecule has 132 valence electrons. The number of fused-ring (bicyclic) bond motifs is 1. The maximum absolute atomic E-state index is 12.6. The number of carbonyl (C=O) groups excluding carboxylic acids is 1. The molecule has 1 fully saturated rings. The lowest BCUT2D eigenvalue weighted by molar-refractivity contribution is 0.0963. The average Bonchev–Trinajstić information content (AvgIpc) is 3.10. The zero-order chi connectivity index (χ0) is 17.8. The van der Waals surface area contributed by atoms with Gasteiger partial charge in [-0.1, -0.05) is 41.9 Å². The van der Waals surface area contributed by atoms with Crippen molar-refractivity contribution in [2.75, 3.05) is 6.54 Å². The topological polar surface area (TPSA) is 56.9 Å². The van der Waals surface area contributed by atoms with Gasteiger partial charge in [0, 0.05) is 27.6 Å². The number of aromatic amines is 1. The first-order chi connectivity index (χ1) is 12.1. The molecule has 1 saturated carbocycles. The first kappa shape index (κ1) is 17.8. The van der Waals surface area contributed by atoms with Crippen molar-refractivity contribution in [2.24, 2.45) is 11.8 Å². The van der Waals surface area contributed by atoms with Gasteiger partial charge >= 0.3 is 0 Å². The molecular formula is C20H24BrN3O. The Balaban J connectivity index is 1.74. The first-order valence-electron chi connectivity index (χ1n) is 8.78. The molecule has 3 rings (SSSR count). The number of nitrogens with one attached hydrogen (secondary N) is 3. The Morgan fingerprint density at radius 1 is 1.40 bits per heavy atom. The molecule has 1 aliphatic rings. The molecule has 1 heterocycles. The highest BCUT2D eigenvalue weighted by molar-refractivity contribution is 9.10. The van der Waals surface area contributed by atoms with E-state index in [2.05, 4.69) is 51.5 Å². The van der Waals surface area contributed by atoms with Crippen LogP contribution in [0.5, 0.6) is 0 Å². The fourth-order valence-electron chi connectivity index (χ4n) is 2.75. The van der Waals surface area contributed by atoms with Crippen molar-refractivity contribution in [1.82, 2.24) is 15.6 Å². The fraction of sp³-hybridized carbons (Fsp3) is 0.350. The van der Waals surface area contributed by atoms with Gasteiger partial charge in [-0.3, -0.25) is 4.79 Å². The fourth-order valence-corrected chi connectivity index (χ4v) is 3.11. The highest BCUT2D eigenvalue weighted by Crippen LogP contribution is 2.39. The van der Waals surface area contributed by atoms with Crippen molar-refractivity contribution >= 4 is 32.7 Å². The van der Waals surface area contributed by atoms with Crippen molar-refractivity contribution in [2.45, 2.75) is 26.7 Å². The Morgan fingerprint density at radius 2 is 2.20 bits per heavy atom. The Morgan fingerprint density at radius 3 is 2.92 bits per heavy atom. The molecule has 1 amide bonds. The summed E-state index contributed by atoms with van der Waals surface area (Å²) in [6.07, 6.45) is 8.27. The smallest absolute Gasteiger partial charge is 0.272 e. The average molecular weight is 402 g/mol. The Kier molecular flexibility index (Phi) is 5.63. The number of amides is 1. The monoisotopic (exact) mass is 401 g/mol. The van der Waals surface area contributed by atoms with E-state index >= 15 is 0 Å². The van der Waals surface area contributed by atoms with Crippen LogP contribution in [0.2, 0.25) is 0 Å². The summed E-state index contributed by atoms with van der Waals surface area (Å²) in [4.78, 5) is 15.8. The molecule has 0 radical (unpaired) electrons. The van der Waals surface area contributed by atoms with E-state index < -0.39 is 0 Å². The Labute approximate surface area is 156 Å². The van der Waals surface area contributed by atoms with Gasteiger partial charge in [-0.15, -0.1) is 0 Å². The molecule has 1 aromatic carbocycles. The minimum absolute atomic E-state index is 0.119. The summed E-state index contributed by atoms with van der Waals surface area (Å²) in [5.74, 6) is 1.14. The SMILES string of the molecule is CCCN/C=C\C(=C/C1CC1C)NC(=O)c1cc2ccc(Br)cc2[nH]1.